The molecule has 2 N–H and O–H groups in total. The summed E-state index contributed by atoms with van der Waals surface area (Å²) in [6.45, 7) is 5.27. The van der Waals surface area contributed by atoms with Crippen LogP contribution >= 0.6 is 23.2 Å². The first kappa shape index (κ1) is 26.5. The molecule has 0 spiro atoms. The van der Waals surface area contributed by atoms with Crippen LogP contribution in [0, 0.1) is 0 Å². The van der Waals surface area contributed by atoms with Gasteiger partial charge in [0.25, 0.3) is 6.43 Å². The van der Waals surface area contributed by atoms with Crippen molar-refractivity contribution in [1.29, 1.82) is 0 Å². The molecule has 0 aliphatic heterocycles. The van der Waals surface area contributed by atoms with Crippen molar-refractivity contribution in [1.82, 2.24) is 10.6 Å². The van der Waals surface area contributed by atoms with E-state index in [1.807, 2.05) is 56.3 Å². The summed E-state index contributed by atoms with van der Waals surface area (Å²) in [4.78, 5) is -0.407. The van der Waals surface area contributed by atoms with Crippen molar-refractivity contribution in [3.63, 3.8) is 0 Å². The molecular formula is C26H30Cl2F2N2O2. The van der Waals surface area contributed by atoms with Gasteiger partial charge in [-0.2, -0.15) is 0 Å². The van der Waals surface area contributed by atoms with Crippen molar-refractivity contribution >= 4 is 45.1 Å². The zero-order valence-electron chi connectivity index (χ0n) is 19.2. The molecule has 4 rings (SSSR count). The summed E-state index contributed by atoms with van der Waals surface area (Å²) in [6.07, 6.45) is 2.08. The Hall–Kier alpha value is -2.12. The van der Waals surface area contributed by atoms with Crippen LogP contribution < -0.4 is 10.6 Å². The molecule has 4 aromatic rings. The van der Waals surface area contributed by atoms with E-state index in [1.165, 1.54) is 5.56 Å². The highest BCUT2D eigenvalue weighted by molar-refractivity contribution is 6.44. The number of benzene rings is 2. The van der Waals surface area contributed by atoms with Gasteiger partial charge in [0.15, 0.2) is 0 Å². The fraction of sp³-hybridized carbons (Fsp3) is 0.385. The van der Waals surface area contributed by atoms with Gasteiger partial charge in [-0.15, -0.1) is 23.2 Å². The lowest BCUT2D eigenvalue weighted by Crippen LogP contribution is -2.37. The predicted octanol–water partition coefficient (Wildman–Crippen LogP) is 6.98. The maximum atomic E-state index is 12.7. The van der Waals surface area contributed by atoms with E-state index in [2.05, 4.69) is 16.7 Å². The van der Waals surface area contributed by atoms with Gasteiger partial charge in [-0.1, -0.05) is 26.0 Å². The monoisotopic (exact) mass is 510 g/mol. The minimum Gasteiger partial charge on any atom is -0.464 e. The quantitative estimate of drug-likeness (QED) is 0.226. The number of hydrogen-bond acceptors (Lipinski definition) is 4. The SMILES string of the molecule is CCNC(Cc1ccc2occc2c1)C(Cl)Cl.CCNC(Cc1ccc2occc2c1)C(F)F. The fourth-order valence-corrected chi connectivity index (χ4v) is 4.18. The second-order valence-electron chi connectivity index (χ2n) is 7.99. The molecule has 0 fully saturated rings. The Bertz CT molecular complexity index is 1060. The zero-order chi connectivity index (χ0) is 24.5. The van der Waals surface area contributed by atoms with Gasteiger partial charge in [0, 0.05) is 16.8 Å². The molecule has 4 nitrogen and oxygen atoms in total. The number of fused-ring (bicyclic) bond motifs is 2. The third kappa shape index (κ3) is 7.44. The van der Waals surface area contributed by atoms with E-state index in [0.717, 1.165) is 40.5 Å². The van der Waals surface area contributed by atoms with Crippen molar-refractivity contribution in [2.75, 3.05) is 13.1 Å². The molecule has 2 heterocycles. The normalized spacial score (nSPS) is 13.4. The molecule has 0 aliphatic carbocycles. The second-order valence-corrected chi connectivity index (χ2v) is 9.15. The van der Waals surface area contributed by atoms with Crippen LogP contribution in [0.3, 0.4) is 0 Å². The molecule has 0 saturated heterocycles. The molecule has 34 heavy (non-hydrogen) atoms. The van der Waals surface area contributed by atoms with E-state index >= 15 is 0 Å². The summed E-state index contributed by atoms with van der Waals surface area (Å²) in [5.74, 6) is 0. The van der Waals surface area contributed by atoms with Gasteiger partial charge in [0.05, 0.1) is 18.6 Å². The van der Waals surface area contributed by atoms with E-state index in [1.54, 1.807) is 12.5 Å². The zero-order valence-corrected chi connectivity index (χ0v) is 20.8. The maximum Gasteiger partial charge on any atom is 0.254 e. The predicted molar refractivity (Wildman–Crippen MR) is 136 cm³/mol. The first-order valence-electron chi connectivity index (χ1n) is 11.4. The molecule has 2 aromatic carbocycles. The molecule has 0 amide bonds. The van der Waals surface area contributed by atoms with Crippen LogP contribution in [0.1, 0.15) is 25.0 Å². The van der Waals surface area contributed by atoms with Gasteiger partial charge in [-0.3, -0.25) is 0 Å². The molecule has 8 heteroatoms. The number of alkyl halides is 4. The Labute approximate surface area is 208 Å². The van der Waals surface area contributed by atoms with Crippen LogP contribution in [0.2, 0.25) is 0 Å². The average molecular weight is 511 g/mol. The molecular weight excluding hydrogens is 481 g/mol. The van der Waals surface area contributed by atoms with Crippen LogP contribution in [0.4, 0.5) is 8.78 Å². The van der Waals surface area contributed by atoms with Crippen molar-refractivity contribution in [2.24, 2.45) is 0 Å². The van der Waals surface area contributed by atoms with Gasteiger partial charge in [-0.05, 0) is 73.5 Å². The largest absolute Gasteiger partial charge is 0.464 e. The highest BCUT2D eigenvalue weighted by atomic mass is 35.5. The van der Waals surface area contributed by atoms with E-state index < -0.39 is 17.3 Å². The lowest BCUT2D eigenvalue weighted by molar-refractivity contribution is 0.0991. The minimum absolute atomic E-state index is 0.0766. The van der Waals surface area contributed by atoms with Gasteiger partial charge >= 0.3 is 0 Å². The smallest absolute Gasteiger partial charge is 0.254 e. The Kier molecular flexibility index (Phi) is 10.2. The third-order valence-corrected chi connectivity index (χ3v) is 6.09. The van der Waals surface area contributed by atoms with Crippen LogP contribution in [-0.4, -0.2) is 36.4 Å². The van der Waals surface area contributed by atoms with Crippen molar-refractivity contribution in [3.05, 3.63) is 72.2 Å². The average Bonchev–Trinajstić information content (AvgIpc) is 3.47. The van der Waals surface area contributed by atoms with Gasteiger partial charge < -0.3 is 19.5 Å². The number of furan rings is 2. The fourth-order valence-electron chi connectivity index (χ4n) is 3.82. The van der Waals surface area contributed by atoms with E-state index in [-0.39, 0.29) is 6.04 Å². The molecule has 2 atom stereocenters. The molecule has 0 saturated carbocycles. The lowest BCUT2D eigenvalue weighted by atomic mass is 10.0. The number of rotatable bonds is 10. The summed E-state index contributed by atoms with van der Waals surface area (Å²) < 4.78 is 36.0. The molecule has 0 aliphatic rings. The summed E-state index contributed by atoms with van der Waals surface area (Å²) in [5, 5.41) is 8.14. The minimum atomic E-state index is -2.35. The molecule has 0 bridgehead atoms. The Morgan fingerprint density at radius 2 is 1.21 bits per heavy atom. The molecule has 184 valence electrons. The summed E-state index contributed by atoms with van der Waals surface area (Å²) in [5.41, 5.74) is 3.79. The number of hydrogen-bond donors (Lipinski definition) is 2. The first-order valence-corrected chi connectivity index (χ1v) is 12.2. The number of nitrogens with one attached hydrogen (secondary N) is 2. The van der Waals surface area contributed by atoms with E-state index in [0.29, 0.717) is 13.0 Å². The van der Waals surface area contributed by atoms with Gasteiger partial charge in [-0.25, -0.2) is 8.78 Å². The highest BCUT2D eigenvalue weighted by Gasteiger charge is 2.19. The Morgan fingerprint density at radius 1 is 0.735 bits per heavy atom. The molecule has 2 aromatic heterocycles. The number of likely N-dealkylation sites (N-methyl/N-ethyl adjacent to an activating group) is 2. The maximum absolute atomic E-state index is 12.7. The van der Waals surface area contributed by atoms with Crippen LogP contribution in [0.5, 0.6) is 0 Å². The summed E-state index contributed by atoms with van der Waals surface area (Å²) in [6, 6.07) is 14.8. The standard InChI is InChI=1S/C13H15Cl2NO.C13H15F2NO/c2*1-2-16-11(13(14)15)8-9-3-4-12-10(7-9)5-6-17-12/h2*3-7,11,13,16H,2,8H2,1H3. The van der Waals surface area contributed by atoms with E-state index in [4.69, 9.17) is 32.0 Å². The Balaban J connectivity index is 0.000000191. The van der Waals surface area contributed by atoms with E-state index in [9.17, 15) is 8.78 Å². The van der Waals surface area contributed by atoms with Crippen LogP contribution in [0.15, 0.2) is 69.9 Å². The van der Waals surface area contributed by atoms with Crippen molar-refractivity contribution in [3.8, 4) is 0 Å². The Morgan fingerprint density at radius 3 is 1.65 bits per heavy atom. The lowest BCUT2D eigenvalue weighted by Gasteiger charge is -2.18. The van der Waals surface area contributed by atoms with Crippen molar-refractivity contribution < 1.29 is 17.6 Å². The third-order valence-electron chi connectivity index (χ3n) is 5.49. The first-order chi connectivity index (χ1) is 16.4. The second kappa shape index (κ2) is 13.1. The highest BCUT2D eigenvalue weighted by Crippen LogP contribution is 2.21. The van der Waals surface area contributed by atoms with Crippen LogP contribution in [0.25, 0.3) is 21.9 Å². The summed E-state index contributed by atoms with van der Waals surface area (Å²) >= 11 is 11.9. The molecule has 2 unspecified atom stereocenters. The molecule has 0 radical (unpaired) electrons. The summed E-state index contributed by atoms with van der Waals surface area (Å²) in [7, 11) is 0. The van der Waals surface area contributed by atoms with Gasteiger partial charge in [0.1, 0.15) is 16.0 Å². The van der Waals surface area contributed by atoms with Crippen molar-refractivity contribution in [2.45, 2.75) is 50.0 Å². The number of halogens is 4. The topological polar surface area (TPSA) is 50.3 Å². The van der Waals surface area contributed by atoms with Gasteiger partial charge in [0.2, 0.25) is 0 Å². The van der Waals surface area contributed by atoms with Crippen LogP contribution in [-0.2, 0) is 12.8 Å².